The zero-order chi connectivity index (χ0) is 25.2. The van der Waals surface area contributed by atoms with E-state index in [-0.39, 0.29) is 17.3 Å². The van der Waals surface area contributed by atoms with Crippen molar-refractivity contribution in [2.24, 2.45) is 0 Å². The van der Waals surface area contributed by atoms with E-state index in [0.717, 1.165) is 0 Å². The number of aliphatic hydroxyl groups excluding tert-OH is 4. The van der Waals surface area contributed by atoms with Crippen molar-refractivity contribution >= 4 is 5.97 Å². The highest BCUT2D eigenvalue weighted by Gasteiger charge is 2.54. The average Bonchev–Trinajstić information content (AvgIpc) is 3.48. The first-order chi connectivity index (χ1) is 16.7. The van der Waals surface area contributed by atoms with E-state index in [9.17, 15) is 35.4 Å². The first-order valence-electron chi connectivity index (χ1n) is 10.7. The van der Waals surface area contributed by atoms with Crippen molar-refractivity contribution in [3.63, 3.8) is 0 Å². The summed E-state index contributed by atoms with van der Waals surface area (Å²) in [7, 11) is 0. The second kappa shape index (κ2) is 10.5. The van der Waals surface area contributed by atoms with Gasteiger partial charge in [0.15, 0.2) is 18.0 Å². The van der Waals surface area contributed by atoms with Gasteiger partial charge in [-0.25, -0.2) is 4.79 Å². The third-order valence-electron chi connectivity index (χ3n) is 5.69. The number of furan rings is 1. The van der Waals surface area contributed by atoms with Crippen molar-refractivity contribution < 1.29 is 63.5 Å². The van der Waals surface area contributed by atoms with Crippen LogP contribution in [0.4, 0.5) is 0 Å². The molecule has 2 fully saturated rings. The van der Waals surface area contributed by atoms with E-state index in [0.29, 0.717) is 0 Å². The maximum Gasteiger partial charge on any atom is 0.374 e. The van der Waals surface area contributed by atoms with Crippen molar-refractivity contribution in [3.8, 4) is 11.5 Å². The zero-order valence-electron chi connectivity index (χ0n) is 18.2. The molecular weight excluding hydrogens is 472 g/mol. The lowest BCUT2D eigenvalue weighted by Gasteiger charge is -2.42. The quantitative estimate of drug-likeness (QED) is 0.230. The summed E-state index contributed by atoms with van der Waals surface area (Å²) in [5.74, 6) is -0.778. The molecule has 0 unspecified atom stereocenters. The molecule has 0 amide bonds. The number of hydrogen-bond acceptors (Lipinski definition) is 13. The first kappa shape index (κ1) is 25.3. The fourth-order valence-corrected chi connectivity index (χ4v) is 3.66. The molecule has 192 valence electrons. The molecule has 0 spiro atoms. The summed E-state index contributed by atoms with van der Waals surface area (Å²) in [6.45, 7) is -1.77. The number of benzene rings is 1. The van der Waals surface area contributed by atoms with Crippen LogP contribution < -0.4 is 4.74 Å². The minimum absolute atomic E-state index is 0.0204. The molecule has 6 N–H and O–H groups in total. The van der Waals surface area contributed by atoms with Gasteiger partial charge in [-0.1, -0.05) is 0 Å². The lowest BCUT2D eigenvalue weighted by Crippen LogP contribution is -2.62. The standard InChI is InChI=1S/C22H26O13/c23-8-14-15(25)16(26)17(20(34-14)33-12-5-3-11(24)4-6-12)35-21-18(27)22(29,10-32-21)9-31-19(28)13-2-1-7-30-13/h1-7,14-18,20-21,23-27,29H,8-10H2/t14-,15-,16+,17-,18-,20-,21+,22-/m1/s1. The van der Waals surface area contributed by atoms with Crippen LogP contribution in [0.25, 0.3) is 0 Å². The number of esters is 1. The van der Waals surface area contributed by atoms with Crippen LogP contribution in [0, 0.1) is 0 Å². The van der Waals surface area contributed by atoms with Gasteiger partial charge in [-0.3, -0.25) is 0 Å². The van der Waals surface area contributed by atoms with Crippen LogP contribution >= 0.6 is 0 Å². The molecule has 0 saturated carbocycles. The minimum Gasteiger partial charge on any atom is -0.508 e. The highest BCUT2D eigenvalue weighted by atomic mass is 16.8. The van der Waals surface area contributed by atoms with E-state index in [1.807, 2.05) is 0 Å². The normalized spacial score (nSPS) is 35.1. The monoisotopic (exact) mass is 498 g/mol. The molecule has 1 aromatic carbocycles. The van der Waals surface area contributed by atoms with E-state index in [1.165, 1.54) is 42.7 Å². The molecule has 8 atom stereocenters. The molecule has 2 aliphatic heterocycles. The van der Waals surface area contributed by atoms with Gasteiger partial charge in [0.1, 0.15) is 42.5 Å². The fourth-order valence-electron chi connectivity index (χ4n) is 3.66. The Morgan fingerprint density at radius 3 is 2.49 bits per heavy atom. The highest BCUT2D eigenvalue weighted by molar-refractivity contribution is 5.86. The maximum atomic E-state index is 12.0. The van der Waals surface area contributed by atoms with Crippen molar-refractivity contribution in [2.45, 2.75) is 48.7 Å². The van der Waals surface area contributed by atoms with Crippen LogP contribution in [0.3, 0.4) is 0 Å². The Kier molecular flexibility index (Phi) is 7.59. The van der Waals surface area contributed by atoms with Gasteiger partial charge in [0.25, 0.3) is 0 Å². The van der Waals surface area contributed by atoms with Crippen molar-refractivity contribution in [2.75, 3.05) is 19.8 Å². The number of carbonyl (C=O) groups excluding carboxylic acids is 1. The summed E-state index contributed by atoms with van der Waals surface area (Å²) in [5.41, 5.74) is -2.05. The van der Waals surface area contributed by atoms with E-state index >= 15 is 0 Å². The molecule has 1 aromatic heterocycles. The summed E-state index contributed by atoms with van der Waals surface area (Å²) in [4.78, 5) is 12.0. The van der Waals surface area contributed by atoms with E-state index in [1.54, 1.807) is 0 Å². The van der Waals surface area contributed by atoms with Crippen LogP contribution in [-0.2, 0) is 18.9 Å². The molecule has 2 saturated heterocycles. The Labute approximate surface area is 198 Å². The first-order valence-corrected chi connectivity index (χ1v) is 10.7. The summed E-state index contributed by atoms with van der Waals surface area (Å²) in [6, 6.07) is 8.35. The van der Waals surface area contributed by atoms with Crippen LogP contribution in [0.5, 0.6) is 11.5 Å². The van der Waals surface area contributed by atoms with Gasteiger partial charge in [0.05, 0.1) is 19.5 Å². The zero-order valence-corrected chi connectivity index (χ0v) is 18.2. The van der Waals surface area contributed by atoms with Crippen LogP contribution in [-0.4, -0.2) is 105 Å². The molecule has 2 aliphatic rings. The molecule has 4 rings (SSSR count). The second-order valence-electron chi connectivity index (χ2n) is 8.20. The lowest BCUT2D eigenvalue weighted by molar-refractivity contribution is -0.318. The Balaban J connectivity index is 1.44. The van der Waals surface area contributed by atoms with Crippen LogP contribution in [0.2, 0.25) is 0 Å². The van der Waals surface area contributed by atoms with Crippen molar-refractivity contribution in [1.82, 2.24) is 0 Å². The van der Waals surface area contributed by atoms with Crippen LogP contribution in [0.15, 0.2) is 47.1 Å². The molecule has 2 aromatic rings. The Morgan fingerprint density at radius 2 is 1.83 bits per heavy atom. The number of phenols is 1. The van der Waals surface area contributed by atoms with Gasteiger partial charge in [-0.15, -0.1) is 0 Å². The smallest absolute Gasteiger partial charge is 0.374 e. The molecular formula is C22H26O13. The number of aliphatic hydroxyl groups is 5. The molecule has 13 nitrogen and oxygen atoms in total. The molecule has 3 heterocycles. The Morgan fingerprint density at radius 1 is 1.09 bits per heavy atom. The van der Waals surface area contributed by atoms with Gasteiger partial charge in [0.2, 0.25) is 12.1 Å². The minimum atomic E-state index is -2.05. The van der Waals surface area contributed by atoms with E-state index < -0.39 is 74.5 Å². The number of phenolic OH excluding ortho intramolecular Hbond substituents is 1. The number of ether oxygens (including phenoxy) is 5. The van der Waals surface area contributed by atoms with Crippen molar-refractivity contribution in [1.29, 1.82) is 0 Å². The SMILES string of the molecule is O=C(OC[C@@]1(O)CO[C@@H](O[C@H]2[C@H](Oc3ccc(O)cc3)O[C@H](CO)[C@@H](O)[C@@H]2O)[C@H]1O)c1ccco1. The van der Waals surface area contributed by atoms with E-state index in [4.69, 9.17) is 28.1 Å². The van der Waals surface area contributed by atoms with Crippen LogP contribution in [0.1, 0.15) is 10.6 Å². The maximum absolute atomic E-state index is 12.0. The lowest BCUT2D eigenvalue weighted by atomic mass is 9.98. The van der Waals surface area contributed by atoms with Crippen molar-refractivity contribution in [3.05, 3.63) is 48.4 Å². The third kappa shape index (κ3) is 5.42. The predicted octanol–water partition coefficient (Wildman–Crippen LogP) is -1.51. The summed E-state index contributed by atoms with van der Waals surface area (Å²) < 4.78 is 32.1. The molecule has 35 heavy (non-hydrogen) atoms. The molecule has 0 aliphatic carbocycles. The summed E-state index contributed by atoms with van der Waals surface area (Å²) in [5, 5.41) is 61.2. The predicted molar refractivity (Wildman–Crippen MR) is 111 cm³/mol. The molecule has 13 heteroatoms. The average molecular weight is 498 g/mol. The van der Waals surface area contributed by atoms with Gasteiger partial charge >= 0.3 is 5.97 Å². The van der Waals surface area contributed by atoms with Gasteiger partial charge in [-0.05, 0) is 36.4 Å². The molecule has 0 bridgehead atoms. The Hall–Kier alpha value is -2.75. The van der Waals surface area contributed by atoms with Gasteiger partial charge in [0, 0.05) is 0 Å². The largest absolute Gasteiger partial charge is 0.508 e. The highest BCUT2D eigenvalue weighted by Crippen LogP contribution is 2.32. The topological polar surface area (TPSA) is 198 Å². The van der Waals surface area contributed by atoms with E-state index in [2.05, 4.69) is 0 Å². The number of carbonyl (C=O) groups is 1. The summed E-state index contributed by atoms with van der Waals surface area (Å²) >= 11 is 0. The summed E-state index contributed by atoms with van der Waals surface area (Å²) in [6.07, 6.45) is -9.27. The Bertz CT molecular complexity index is 964. The molecule has 0 radical (unpaired) electrons. The van der Waals surface area contributed by atoms with Gasteiger partial charge < -0.3 is 58.7 Å². The number of aromatic hydroxyl groups is 1. The fraction of sp³-hybridized carbons (Fsp3) is 0.500. The second-order valence-corrected chi connectivity index (χ2v) is 8.20. The number of hydrogen-bond donors (Lipinski definition) is 6. The number of rotatable bonds is 8. The van der Waals surface area contributed by atoms with Gasteiger partial charge in [-0.2, -0.15) is 0 Å². The third-order valence-corrected chi connectivity index (χ3v) is 5.69.